The van der Waals surface area contributed by atoms with Crippen LogP contribution in [0.5, 0.6) is 0 Å². The largest absolute Gasteiger partial charge is 0.394 e. The summed E-state index contributed by atoms with van der Waals surface area (Å²) in [5, 5.41) is 0. The Kier molecular flexibility index (Phi) is 32.0. The van der Waals surface area contributed by atoms with E-state index in [1.807, 2.05) is 0 Å². The van der Waals surface area contributed by atoms with Crippen LogP contribution in [-0.2, 0) is 8.85 Å². The molecule has 0 spiro atoms. The number of unbranched alkanes of at least 4 members (excludes halogenated alkanes) is 12. The molecule has 0 radical (unpaired) electrons. The second-order valence-corrected chi connectivity index (χ2v) is 17.9. The molecule has 0 amide bonds. The Hall–Kier alpha value is -0.246. The van der Waals surface area contributed by atoms with Gasteiger partial charge in [-0.05, 0) is 110 Å². The van der Waals surface area contributed by atoms with Crippen molar-refractivity contribution in [1.29, 1.82) is 0 Å². The number of likely N-dealkylation sites (N-methyl/N-ethyl adjacent to an activating group) is 2. The zero-order chi connectivity index (χ0) is 31.0. The van der Waals surface area contributed by atoms with Crippen LogP contribution in [0.1, 0.15) is 129 Å². The third-order valence-corrected chi connectivity index (χ3v) is 12.4. The summed E-state index contributed by atoms with van der Waals surface area (Å²) in [6, 6.07) is 2.64. The maximum Gasteiger partial charge on any atom is 0.334 e. The van der Waals surface area contributed by atoms with Crippen LogP contribution in [0.15, 0.2) is 24.3 Å². The highest BCUT2D eigenvalue weighted by Crippen LogP contribution is 2.20. The Labute approximate surface area is 268 Å². The lowest BCUT2D eigenvalue weighted by Gasteiger charge is -2.27. The van der Waals surface area contributed by atoms with Crippen molar-refractivity contribution in [2.75, 3.05) is 53.5 Å². The van der Waals surface area contributed by atoms with Crippen molar-refractivity contribution in [3.8, 4) is 0 Å². The summed E-state index contributed by atoms with van der Waals surface area (Å²) in [7, 11) is 2.72. The molecule has 42 heavy (non-hydrogen) atoms. The summed E-state index contributed by atoms with van der Waals surface area (Å²) in [6.07, 6.45) is 32.3. The van der Waals surface area contributed by atoms with Gasteiger partial charge in [0.2, 0.25) is 0 Å². The minimum absolute atomic E-state index is 0.253. The average molecular weight is 625 g/mol. The molecule has 4 nitrogen and oxygen atoms in total. The van der Waals surface area contributed by atoms with Crippen LogP contribution in [0.25, 0.3) is 0 Å². The second-order valence-electron chi connectivity index (χ2n) is 12.9. The van der Waals surface area contributed by atoms with E-state index in [9.17, 15) is 0 Å². The molecule has 1 atom stereocenters. The quantitative estimate of drug-likeness (QED) is 0.0412. The first kappa shape index (κ1) is 41.8. The molecule has 0 rings (SSSR count). The molecule has 0 heterocycles. The van der Waals surface area contributed by atoms with Crippen LogP contribution in [0.4, 0.5) is 0 Å². The van der Waals surface area contributed by atoms with Crippen molar-refractivity contribution in [3.05, 3.63) is 24.3 Å². The van der Waals surface area contributed by atoms with E-state index in [0.717, 1.165) is 38.5 Å². The van der Waals surface area contributed by atoms with E-state index >= 15 is 0 Å². The Bertz CT molecular complexity index is 605. The van der Waals surface area contributed by atoms with E-state index in [1.165, 1.54) is 129 Å². The summed E-state index contributed by atoms with van der Waals surface area (Å²) >= 11 is 0. The van der Waals surface area contributed by atoms with Crippen molar-refractivity contribution in [2.24, 2.45) is 0 Å². The fourth-order valence-corrected chi connectivity index (χ4v) is 8.47. The molecule has 0 aromatic rings. The van der Waals surface area contributed by atoms with Gasteiger partial charge < -0.3 is 18.7 Å². The fourth-order valence-electron chi connectivity index (χ4n) is 5.20. The van der Waals surface area contributed by atoms with E-state index in [0.29, 0.717) is 0 Å². The smallest absolute Gasteiger partial charge is 0.334 e. The van der Waals surface area contributed by atoms with E-state index in [4.69, 9.17) is 8.85 Å². The predicted octanol–water partition coefficient (Wildman–Crippen LogP) is 9.76. The van der Waals surface area contributed by atoms with Gasteiger partial charge in [0.15, 0.2) is 0 Å². The summed E-state index contributed by atoms with van der Waals surface area (Å²) < 4.78 is 13.1. The Morgan fingerprint density at radius 1 is 0.548 bits per heavy atom. The molecule has 0 aliphatic carbocycles. The van der Waals surface area contributed by atoms with Crippen LogP contribution in [-0.4, -0.2) is 81.4 Å². The third kappa shape index (κ3) is 29.8. The van der Waals surface area contributed by atoms with Gasteiger partial charge >= 0.3 is 8.56 Å². The zero-order valence-electron chi connectivity index (χ0n) is 29.6. The molecule has 0 bridgehead atoms. The maximum absolute atomic E-state index is 6.56. The van der Waals surface area contributed by atoms with Gasteiger partial charge in [-0.3, -0.25) is 0 Å². The summed E-state index contributed by atoms with van der Waals surface area (Å²) in [4.78, 5) is 5.04. The number of nitrogens with zero attached hydrogens (tertiary/aromatic N) is 2. The van der Waals surface area contributed by atoms with Crippen LogP contribution >= 0.6 is 0 Å². The van der Waals surface area contributed by atoms with Gasteiger partial charge in [-0.25, -0.2) is 0 Å². The van der Waals surface area contributed by atoms with Gasteiger partial charge in [0.25, 0.3) is 0 Å². The topological polar surface area (TPSA) is 24.9 Å². The first-order valence-electron chi connectivity index (χ1n) is 18.4. The second kappa shape index (κ2) is 32.2. The SMILES string of the molecule is CCCCC/C=C\CCCCO[Si](C)(CCCCCN(C)CCN(C)CCCC[SiH2]C)OCCC/C=C\CCCCC. The molecule has 250 valence electrons. The lowest BCUT2D eigenvalue weighted by Crippen LogP contribution is -2.39. The molecule has 0 saturated heterocycles. The van der Waals surface area contributed by atoms with Crippen molar-refractivity contribution in [2.45, 2.75) is 155 Å². The lowest BCUT2D eigenvalue weighted by molar-refractivity contribution is 0.168. The average Bonchev–Trinajstić information content (AvgIpc) is 2.98. The number of hydrogen-bond donors (Lipinski definition) is 0. The lowest BCUT2D eigenvalue weighted by atomic mass is 10.2. The third-order valence-electron chi connectivity index (χ3n) is 8.30. The summed E-state index contributed by atoms with van der Waals surface area (Å²) in [5.74, 6) is 0. The number of rotatable bonds is 33. The van der Waals surface area contributed by atoms with E-state index in [2.05, 4.69) is 75.1 Å². The fraction of sp³-hybridized carbons (Fsp3) is 0.889. The van der Waals surface area contributed by atoms with Crippen molar-refractivity contribution in [1.82, 2.24) is 9.80 Å². The van der Waals surface area contributed by atoms with Crippen molar-refractivity contribution in [3.63, 3.8) is 0 Å². The van der Waals surface area contributed by atoms with Gasteiger partial charge in [-0.1, -0.05) is 95.7 Å². The Morgan fingerprint density at radius 2 is 1.02 bits per heavy atom. The molecule has 0 aromatic carbocycles. The normalized spacial score (nSPS) is 14.1. The standard InChI is InChI=1S/C36H76N2O2Si2/c1-7-9-11-13-15-17-19-21-26-34-40-42(6,39-33-25-20-18-16-14-12-10-8-2)36-28-22-23-29-37(3)31-32-38(4)30-24-27-35-41-5/h15-18H,7-14,19-36,41H2,1-6H3/b17-15-,18-16-. The van der Waals surface area contributed by atoms with Crippen LogP contribution in [0, 0.1) is 0 Å². The van der Waals surface area contributed by atoms with E-state index in [-0.39, 0.29) is 9.52 Å². The molecule has 0 saturated carbocycles. The molecular formula is C36H76N2O2Si2. The molecular weight excluding hydrogens is 549 g/mol. The molecule has 0 fully saturated rings. The van der Waals surface area contributed by atoms with Crippen LogP contribution in [0.2, 0.25) is 25.2 Å². The monoisotopic (exact) mass is 625 g/mol. The van der Waals surface area contributed by atoms with Gasteiger partial charge in [0.1, 0.15) is 0 Å². The van der Waals surface area contributed by atoms with Crippen LogP contribution in [0.3, 0.4) is 0 Å². The highest BCUT2D eigenvalue weighted by Gasteiger charge is 2.30. The van der Waals surface area contributed by atoms with Gasteiger partial charge in [-0.2, -0.15) is 0 Å². The maximum atomic E-state index is 6.56. The van der Waals surface area contributed by atoms with Crippen molar-refractivity contribution < 1.29 is 8.85 Å². The predicted molar refractivity (Wildman–Crippen MR) is 195 cm³/mol. The van der Waals surface area contributed by atoms with E-state index in [1.54, 1.807) is 0 Å². The van der Waals surface area contributed by atoms with Gasteiger partial charge in [-0.15, -0.1) is 0 Å². The molecule has 0 aromatic heterocycles. The van der Waals surface area contributed by atoms with Gasteiger partial charge in [0, 0.05) is 35.8 Å². The molecule has 6 heteroatoms. The number of allylic oxidation sites excluding steroid dienone is 4. The number of hydrogen-bond acceptors (Lipinski definition) is 4. The van der Waals surface area contributed by atoms with E-state index < -0.39 is 8.56 Å². The summed E-state index contributed by atoms with van der Waals surface area (Å²) in [5.41, 5.74) is 0. The van der Waals surface area contributed by atoms with Gasteiger partial charge in [0.05, 0.1) is 0 Å². The first-order chi connectivity index (χ1) is 20.5. The highest BCUT2D eigenvalue weighted by molar-refractivity contribution is 6.66. The Morgan fingerprint density at radius 3 is 1.55 bits per heavy atom. The zero-order valence-corrected chi connectivity index (χ0v) is 32.0. The molecule has 1 unspecified atom stereocenters. The molecule has 0 aliphatic rings. The minimum Gasteiger partial charge on any atom is -0.394 e. The van der Waals surface area contributed by atoms with Crippen LogP contribution < -0.4 is 0 Å². The first-order valence-corrected chi connectivity index (χ1v) is 23.4. The minimum atomic E-state index is -2.11. The molecule has 0 aliphatic heterocycles. The van der Waals surface area contributed by atoms with Crippen molar-refractivity contribution >= 4 is 18.1 Å². The molecule has 0 N–H and O–H groups in total. The summed E-state index contributed by atoms with van der Waals surface area (Å²) in [6.45, 7) is 15.8. The highest BCUT2D eigenvalue weighted by atomic mass is 28.4. The Balaban J connectivity index is 4.31.